The molecule has 0 aromatic rings. The van der Waals surface area contributed by atoms with E-state index in [9.17, 15) is 0 Å². The molecule has 0 aromatic heterocycles. The standard InChI is InChI=1S/C10H15ClO/c1-3-9(4-6-11)10-5-7-12-8(10)2/h3H,4-7H2,1-2H3/b9-3-. The molecule has 0 amide bonds. The predicted molar refractivity (Wildman–Crippen MR) is 52.4 cm³/mol. The average molecular weight is 187 g/mol. The van der Waals surface area contributed by atoms with E-state index in [1.807, 2.05) is 6.92 Å². The van der Waals surface area contributed by atoms with Crippen molar-refractivity contribution >= 4 is 11.6 Å². The molecule has 0 unspecified atom stereocenters. The van der Waals surface area contributed by atoms with Crippen molar-refractivity contribution in [2.24, 2.45) is 0 Å². The van der Waals surface area contributed by atoms with Gasteiger partial charge in [-0.3, -0.25) is 0 Å². The number of hydrogen-bond acceptors (Lipinski definition) is 1. The van der Waals surface area contributed by atoms with Gasteiger partial charge in [-0.2, -0.15) is 0 Å². The predicted octanol–water partition coefficient (Wildman–Crippen LogP) is 3.26. The Balaban J connectivity index is 2.72. The SMILES string of the molecule is C/C=C(/CCCl)C1=C(C)OCC1. The van der Waals surface area contributed by atoms with Gasteiger partial charge in [-0.05, 0) is 31.4 Å². The second kappa shape index (κ2) is 4.56. The number of rotatable bonds is 3. The molecule has 0 atom stereocenters. The van der Waals surface area contributed by atoms with Crippen LogP contribution in [-0.4, -0.2) is 12.5 Å². The van der Waals surface area contributed by atoms with Crippen molar-refractivity contribution in [2.75, 3.05) is 12.5 Å². The zero-order valence-corrected chi connectivity index (χ0v) is 8.45. The summed E-state index contributed by atoms with van der Waals surface area (Å²) in [6.45, 7) is 4.92. The molecular weight excluding hydrogens is 172 g/mol. The molecule has 0 spiro atoms. The molecule has 68 valence electrons. The van der Waals surface area contributed by atoms with Crippen LogP contribution >= 0.6 is 11.6 Å². The fourth-order valence-corrected chi connectivity index (χ4v) is 1.73. The van der Waals surface area contributed by atoms with Gasteiger partial charge in [-0.1, -0.05) is 6.08 Å². The second-order valence-corrected chi connectivity index (χ2v) is 3.26. The van der Waals surface area contributed by atoms with Crippen LogP contribution in [0.1, 0.15) is 26.7 Å². The molecule has 1 aliphatic heterocycles. The molecule has 0 fully saturated rings. The molecule has 0 saturated carbocycles. The third-order valence-corrected chi connectivity index (χ3v) is 2.38. The highest BCUT2D eigenvalue weighted by atomic mass is 35.5. The summed E-state index contributed by atoms with van der Waals surface area (Å²) in [5.74, 6) is 1.77. The first kappa shape index (κ1) is 9.66. The summed E-state index contributed by atoms with van der Waals surface area (Å²) < 4.78 is 5.39. The summed E-state index contributed by atoms with van der Waals surface area (Å²) in [6, 6.07) is 0. The van der Waals surface area contributed by atoms with E-state index in [2.05, 4.69) is 13.0 Å². The number of ether oxygens (including phenoxy) is 1. The van der Waals surface area contributed by atoms with Gasteiger partial charge in [0.1, 0.15) is 0 Å². The summed E-state index contributed by atoms with van der Waals surface area (Å²) in [6.07, 6.45) is 4.13. The van der Waals surface area contributed by atoms with Gasteiger partial charge in [0.2, 0.25) is 0 Å². The van der Waals surface area contributed by atoms with Gasteiger partial charge in [-0.15, -0.1) is 11.6 Å². The Morgan fingerprint density at radius 3 is 2.83 bits per heavy atom. The molecule has 0 bridgehead atoms. The Morgan fingerprint density at radius 2 is 2.42 bits per heavy atom. The van der Waals surface area contributed by atoms with Crippen molar-refractivity contribution < 1.29 is 4.74 Å². The van der Waals surface area contributed by atoms with Gasteiger partial charge in [0.05, 0.1) is 12.4 Å². The van der Waals surface area contributed by atoms with Crippen LogP contribution in [0.4, 0.5) is 0 Å². The van der Waals surface area contributed by atoms with Crippen LogP contribution < -0.4 is 0 Å². The molecule has 12 heavy (non-hydrogen) atoms. The maximum absolute atomic E-state index is 5.70. The van der Waals surface area contributed by atoms with E-state index >= 15 is 0 Å². The second-order valence-electron chi connectivity index (χ2n) is 2.89. The fourth-order valence-electron chi connectivity index (χ4n) is 1.53. The topological polar surface area (TPSA) is 9.23 Å². The van der Waals surface area contributed by atoms with Crippen molar-refractivity contribution in [3.8, 4) is 0 Å². The van der Waals surface area contributed by atoms with Gasteiger partial charge in [0, 0.05) is 12.3 Å². The summed E-state index contributed by atoms with van der Waals surface area (Å²) in [7, 11) is 0. The number of hydrogen-bond donors (Lipinski definition) is 0. The van der Waals surface area contributed by atoms with Gasteiger partial charge in [-0.25, -0.2) is 0 Å². The van der Waals surface area contributed by atoms with Crippen LogP contribution in [0.25, 0.3) is 0 Å². The van der Waals surface area contributed by atoms with Gasteiger partial charge >= 0.3 is 0 Å². The fraction of sp³-hybridized carbons (Fsp3) is 0.600. The smallest absolute Gasteiger partial charge is 0.0964 e. The van der Waals surface area contributed by atoms with E-state index in [1.165, 1.54) is 11.1 Å². The largest absolute Gasteiger partial charge is 0.498 e. The lowest BCUT2D eigenvalue weighted by molar-refractivity contribution is 0.246. The van der Waals surface area contributed by atoms with Crippen molar-refractivity contribution in [2.45, 2.75) is 26.7 Å². The molecule has 2 heteroatoms. The minimum Gasteiger partial charge on any atom is -0.498 e. The molecule has 1 heterocycles. The van der Waals surface area contributed by atoms with E-state index in [0.29, 0.717) is 5.88 Å². The van der Waals surface area contributed by atoms with E-state index < -0.39 is 0 Å². The van der Waals surface area contributed by atoms with Crippen molar-refractivity contribution in [3.63, 3.8) is 0 Å². The highest BCUT2D eigenvalue weighted by Gasteiger charge is 2.14. The third-order valence-electron chi connectivity index (χ3n) is 2.20. The Bertz CT molecular complexity index is 216. The zero-order valence-electron chi connectivity index (χ0n) is 7.69. The van der Waals surface area contributed by atoms with Crippen LogP contribution in [-0.2, 0) is 4.74 Å². The first-order valence-electron chi connectivity index (χ1n) is 4.33. The number of allylic oxidation sites excluding steroid dienone is 3. The minimum atomic E-state index is 0.691. The summed E-state index contributed by atoms with van der Waals surface area (Å²) in [5, 5.41) is 0. The molecule has 0 N–H and O–H groups in total. The van der Waals surface area contributed by atoms with Crippen LogP contribution in [0.5, 0.6) is 0 Å². The van der Waals surface area contributed by atoms with Crippen LogP contribution in [0.15, 0.2) is 23.0 Å². The third kappa shape index (κ3) is 2.04. The monoisotopic (exact) mass is 186 g/mol. The van der Waals surface area contributed by atoms with Gasteiger partial charge in [0.25, 0.3) is 0 Å². The quantitative estimate of drug-likeness (QED) is 0.615. The summed E-state index contributed by atoms with van der Waals surface area (Å²) >= 11 is 5.70. The van der Waals surface area contributed by atoms with E-state index in [0.717, 1.165) is 25.2 Å². The Hall–Kier alpha value is -0.430. The Morgan fingerprint density at radius 1 is 1.67 bits per heavy atom. The molecule has 0 saturated heterocycles. The van der Waals surface area contributed by atoms with Crippen molar-refractivity contribution in [1.29, 1.82) is 0 Å². The molecule has 1 aliphatic rings. The van der Waals surface area contributed by atoms with Crippen LogP contribution in [0.2, 0.25) is 0 Å². The normalized spacial score (nSPS) is 18.4. The van der Waals surface area contributed by atoms with Crippen LogP contribution in [0.3, 0.4) is 0 Å². The maximum Gasteiger partial charge on any atom is 0.0964 e. The van der Waals surface area contributed by atoms with E-state index in [4.69, 9.17) is 16.3 Å². The number of halogens is 1. The minimum absolute atomic E-state index is 0.691. The Labute approximate surface area is 79.1 Å². The lowest BCUT2D eigenvalue weighted by Gasteiger charge is -2.05. The average Bonchev–Trinajstić information content (AvgIpc) is 2.47. The van der Waals surface area contributed by atoms with E-state index in [-0.39, 0.29) is 0 Å². The molecule has 1 nitrogen and oxygen atoms in total. The Kier molecular flexibility index (Phi) is 3.67. The molecule has 0 radical (unpaired) electrons. The van der Waals surface area contributed by atoms with Gasteiger partial charge < -0.3 is 4.74 Å². The van der Waals surface area contributed by atoms with Crippen molar-refractivity contribution in [3.05, 3.63) is 23.0 Å². The van der Waals surface area contributed by atoms with E-state index in [1.54, 1.807) is 0 Å². The highest BCUT2D eigenvalue weighted by Crippen LogP contribution is 2.27. The summed E-state index contributed by atoms with van der Waals surface area (Å²) in [4.78, 5) is 0. The highest BCUT2D eigenvalue weighted by molar-refractivity contribution is 6.18. The molecule has 1 rings (SSSR count). The molecule has 0 aliphatic carbocycles. The zero-order chi connectivity index (χ0) is 8.97. The lowest BCUT2D eigenvalue weighted by atomic mass is 10.0. The first-order valence-corrected chi connectivity index (χ1v) is 4.87. The molecular formula is C10H15ClO. The summed E-state index contributed by atoms with van der Waals surface area (Å²) in [5.41, 5.74) is 2.71. The lowest BCUT2D eigenvalue weighted by Crippen LogP contribution is -1.90. The first-order chi connectivity index (χ1) is 5.79. The number of alkyl halides is 1. The van der Waals surface area contributed by atoms with Crippen molar-refractivity contribution in [1.82, 2.24) is 0 Å². The van der Waals surface area contributed by atoms with Gasteiger partial charge in [0.15, 0.2) is 0 Å². The van der Waals surface area contributed by atoms with Crippen LogP contribution in [0, 0.1) is 0 Å². The molecule has 0 aromatic carbocycles. The maximum atomic E-state index is 5.70.